The molecule has 0 N–H and O–H groups in total. The quantitative estimate of drug-likeness (QED) is 0.239. The Morgan fingerprint density at radius 3 is 2.00 bits per heavy atom. The third-order valence-corrected chi connectivity index (χ3v) is 8.08. The highest BCUT2D eigenvalue weighted by Gasteiger charge is 2.28. The van der Waals surface area contributed by atoms with E-state index in [4.69, 9.17) is 4.99 Å². The van der Waals surface area contributed by atoms with E-state index in [-0.39, 0.29) is 6.85 Å². The van der Waals surface area contributed by atoms with Crippen LogP contribution in [0.1, 0.15) is 85.8 Å². The standard InChI is InChI=1S/C35H41BN2/c1-10-32-25(5)34(37-28(32)8)27(7)35-26(6)33(11-2)29(9)38(35)36(22-31-18-14-24(4)15-19-31)21-20-30-16-12-23(3)13-17-30/h12-19H,10-11,22H2,1-9H3/b34-27-. The van der Waals surface area contributed by atoms with Gasteiger partial charge < -0.3 is 4.48 Å². The number of benzene rings is 2. The molecule has 3 aromatic rings. The van der Waals surface area contributed by atoms with Crippen LogP contribution in [0.15, 0.2) is 70.4 Å². The van der Waals surface area contributed by atoms with Crippen LogP contribution in [0.5, 0.6) is 0 Å². The van der Waals surface area contributed by atoms with Crippen molar-refractivity contribution in [2.45, 2.75) is 81.5 Å². The molecule has 0 bridgehead atoms. The van der Waals surface area contributed by atoms with Crippen molar-refractivity contribution in [1.29, 1.82) is 0 Å². The minimum absolute atomic E-state index is 0.00460. The molecule has 0 unspecified atom stereocenters. The Hall–Kier alpha value is -3.51. The van der Waals surface area contributed by atoms with Crippen LogP contribution in [0.4, 0.5) is 0 Å². The van der Waals surface area contributed by atoms with Crippen LogP contribution in [-0.4, -0.2) is 17.0 Å². The minimum atomic E-state index is 0.00460. The smallest absolute Gasteiger partial charge is 0.351 e. The molecule has 0 saturated heterocycles. The van der Waals surface area contributed by atoms with Gasteiger partial charge in [0.05, 0.1) is 5.70 Å². The van der Waals surface area contributed by atoms with E-state index >= 15 is 0 Å². The summed E-state index contributed by atoms with van der Waals surface area (Å²) in [5.41, 5.74) is 16.5. The molecule has 0 aliphatic carbocycles. The van der Waals surface area contributed by atoms with E-state index in [1.807, 2.05) is 0 Å². The SMILES string of the molecule is CCC1=C(C)/C(=C(\C)c2c(C)c(CC)c(C)n2B(C#Cc2ccc(C)cc2)Cc2ccc(C)cc2)N=C1C. The highest BCUT2D eigenvalue weighted by atomic mass is 14.9. The van der Waals surface area contributed by atoms with Gasteiger partial charge in [-0.05, 0) is 108 Å². The third-order valence-electron chi connectivity index (χ3n) is 8.08. The molecule has 0 radical (unpaired) electrons. The molecule has 0 atom stereocenters. The molecule has 1 aliphatic rings. The summed E-state index contributed by atoms with van der Waals surface area (Å²) in [6, 6.07) is 17.4. The molecular weight excluding hydrogens is 459 g/mol. The fraction of sp³-hybridized carbons (Fsp3) is 0.343. The van der Waals surface area contributed by atoms with E-state index in [1.54, 1.807) is 0 Å². The number of hydrogen-bond donors (Lipinski definition) is 0. The second-order valence-electron chi connectivity index (χ2n) is 10.7. The topological polar surface area (TPSA) is 17.3 Å². The Bertz CT molecular complexity index is 1500. The second-order valence-corrected chi connectivity index (χ2v) is 10.7. The van der Waals surface area contributed by atoms with Crippen molar-refractivity contribution in [3.05, 3.63) is 110 Å². The number of nitrogens with zero attached hydrogens (tertiary/aromatic N) is 2. The fourth-order valence-corrected chi connectivity index (χ4v) is 5.97. The van der Waals surface area contributed by atoms with E-state index in [1.165, 1.54) is 55.9 Å². The molecule has 0 fully saturated rings. The van der Waals surface area contributed by atoms with Gasteiger partial charge in [0.2, 0.25) is 0 Å². The Balaban J connectivity index is 1.94. The molecule has 0 spiro atoms. The summed E-state index contributed by atoms with van der Waals surface area (Å²) in [6.07, 6.45) is 2.86. The predicted molar refractivity (Wildman–Crippen MR) is 166 cm³/mol. The summed E-state index contributed by atoms with van der Waals surface area (Å²) in [5.74, 6) is 7.23. The van der Waals surface area contributed by atoms with Gasteiger partial charge >= 0.3 is 6.85 Å². The van der Waals surface area contributed by atoms with Gasteiger partial charge in [-0.1, -0.05) is 72.9 Å². The second kappa shape index (κ2) is 11.5. The van der Waals surface area contributed by atoms with Gasteiger partial charge in [0.25, 0.3) is 0 Å². The van der Waals surface area contributed by atoms with E-state index in [0.717, 1.165) is 36.1 Å². The van der Waals surface area contributed by atoms with Crippen molar-refractivity contribution >= 4 is 18.1 Å². The summed E-state index contributed by atoms with van der Waals surface area (Å²) in [5, 5.41) is 0. The van der Waals surface area contributed by atoms with Crippen LogP contribution < -0.4 is 0 Å². The van der Waals surface area contributed by atoms with E-state index in [0.29, 0.717) is 0 Å². The van der Waals surface area contributed by atoms with Crippen LogP contribution >= 0.6 is 0 Å². The summed E-state index contributed by atoms with van der Waals surface area (Å²) >= 11 is 0. The van der Waals surface area contributed by atoms with Crippen molar-refractivity contribution in [1.82, 2.24) is 4.48 Å². The summed E-state index contributed by atoms with van der Waals surface area (Å²) in [7, 11) is 0. The maximum atomic E-state index is 5.07. The molecule has 194 valence electrons. The maximum absolute atomic E-state index is 5.07. The molecular formula is C35H41BN2. The molecule has 2 heterocycles. The van der Waals surface area contributed by atoms with Gasteiger partial charge in [0.15, 0.2) is 0 Å². The molecule has 1 aromatic heterocycles. The number of allylic oxidation sites excluding steroid dienone is 3. The lowest BCUT2D eigenvalue weighted by Crippen LogP contribution is -2.29. The molecule has 3 heteroatoms. The number of aromatic nitrogens is 1. The van der Waals surface area contributed by atoms with Crippen LogP contribution in [0.3, 0.4) is 0 Å². The zero-order valence-corrected chi connectivity index (χ0v) is 24.7. The van der Waals surface area contributed by atoms with Gasteiger partial charge in [-0.2, -0.15) is 0 Å². The fourth-order valence-electron chi connectivity index (χ4n) is 5.97. The third kappa shape index (κ3) is 5.37. The predicted octanol–water partition coefficient (Wildman–Crippen LogP) is 8.43. The molecule has 2 aromatic carbocycles. The molecule has 4 rings (SSSR count). The first-order chi connectivity index (χ1) is 18.2. The Morgan fingerprint density at radius 1 is 0.842 bits per heavy atom. The van der Waals surface area contributed by atoms with Crippen molar-refractivity contribution in [3.8, 4) is 11.7 Å². The summed E-state index contributed by atoms with van der Waals surface area (Å²) in [6.45, 7) is 19.9. The Labute approximate surface area is 230 Å². The van der Waals surface area contributed by atoms with Gasteiger partial charge in [-0.3, -0.25) is 4.99 Å². The van der Waals surface area contributed by atoms with Gasteiger partial charge in [-0.15, -0.1) is 5.82 Å². The van der Waals surface area contributed by atoms with Gasteiger partial charge in [0, 0.05) is 22.7 Å². The molecule has 0 saturated carbocycles. The lowest BCUT2D eigenvalue weighted by Gasteiger charge is -2.19. The average Bonchev–Trinajstić information content (AvgIpc) is 3.33. The van der Waals surface area contributed by atoms with Crippen molar-refractivity contribution in [2.75, 3.05) is 0 Å². The van der Waals surface area contributed by atoms with E-state index in [2.05, 4.69) is 127 Å². The normalized spacial score (nSPS) is 14.4. The molecule has 38 heavy (non-hydrogen) atoms. The van der Waals surface area contributed by atoms with Crippen molar-refractivity contribution in [3.63, 3.8) is 0 Å². The largest absolute Gasteiger partial charge is 0.377 e. The van der Waals surface area contributed by atoms with Gasteiger partial charge in [-0.25, -0.2) is 0 Å². The van der Waals surface area contributed by atoms with Gasteiger partial charge in [0.1, 0.15) is 0 Å². The number of aryl methyl sites for hydroxylation is 2. The zero-order chi connectivity index (χ0) is 27.6. The number of hydrogen-bond acceptors (Lipinski definition) is 1. The van der Waals surface area contributed by atoms with E-state index < -0.39 is 0 Å². The van der Waals surface area contributed by atoms with Crippen LogP contribution in [0.2, 0.25) is 0 Å². The number of rotatable bonds is 6. The first-order valence-corrected chi connectivity index (χ1v) is 14.0. The first kappa shape index (κ1) is 27.5. The number of aliphatic imine (C=N–C) groups is 1. The zero-order valence-electron chi connectivity index (χ0n) is 24.7. The maximum Gasteiger partial charge on any atom is 0.351 e. The van der Waals surface area contributed by atoms with Crippen molar-refractivity contribution < 1.29 is 0 Å². The van der Waals surface area contributed by atoms with Crippen LogP contribution in [0, 0.1) is 39.4 Å². The molecule has 1 aliphatic heterocycles. The summed E-state index contributed by atoms with van der Waals surface area (Å²) in [4.78, 5) is 5.07. The van der Waals surface area contributed by atoms with E-state index in [9.17, 15) is 0 Å². The lowest BCUT2D eigenvalue weighted by atomic mass is 9.57. The average molecular weight is 501 g/mol. The monoisotopic (exact) mass is 500 g/mol. The highest BCUT2D eigenvalue weighted by Crippen LogP contribution is 2.37. The Morgan fingerprint density at radius 2 is 1.45 bits per heavy atom. The highest BCUT2D eigenvalue weighted by molar-refractivity contribution is 6.66. The molecule has 2 nitrogen and oxygen atoms in total. The summed E-state index contributed by atoms with van der Waals surface area (Å²) < 4.78 is 2.51. The Kier molecular flexibility index (Phi) is 8.32. The van der Waals surface area contributed by atoms with Crippen LogP contribution in [0.25, 0.3) is 5.57 Å². The first-order valence-electron chi connectivity index (χ1n) is 14.0. The molecule has 0 amide bonds. The lowest BCUT2D eigenvalue weighted by molar-refractivity contribution is 1.03. The van der Waals surface area contributed by atoms with Crippen LogP contribution in [-0.2, 0) is 12.7 Å². The van der Waals surface area contributed by atoms with Crippen molar-refractivity contribution in [2.24, 2.45) is 4.99 Å². The minimum Gasteiger partial charge on any atom is -0.377 e.